The fourth-order valence-corrected chi connectivity index (χ4v) is 3.22. The molecule has 1 N–H and O–H groups in total. The van der Waals surface area contributed by atoms with Crippen LogP contribution in [0.4, 0.5) is 5.82 Å². The number of rotatable bonds is 6. The van der Waals surface area contributed by atoms with Gasteiger partial charge in [-0.15, -0.1) is 0 Å². The van der Waals surface area contributed by atoms with Crippen LogP contribution in [-0.4, -0.2) is 29.6 Å². The minimum absolute atomic E-state index is 0.142. The number of halogens is 2. The van der Waals surface area contributed by atoms with E-state index in [9.17, 15) is 9.59 Å². The lowest BCUT2D eigenvalue weighted by atomic mass is 10.1. The van der Waals surface area contributed by atoms with E-state index in [1.54, 1.807) is 0 Å². The summed E-state index contributed by atoms with van der Waals surface area (Å²) >= 11 is 11.7. The van der Waals surface area contributed by atoms with Crippen molar-refractivity contribution < 1.29 is 19.1 Å². The molecule has 1 aromatic carbocycles. The zero-order valence-corrected chi connectivity index (χ0v) is 16.1. The highest BCUT2D eigenvalue weighted by Gasteiger charge is 2.20. The van der Waals surface area contributed by atoms with Crippen LogP contribution in [0, 0.1) is 0 Å². The number of nitrogens with zero attached hydrogens (tertiary/aromatic N) is 1. The first kappa shape index (κ1) is 19.5. The average Bonchev–Trinajstić information content (AvgIpc) is 3.10. The number of anilines is 1. The van der Waals surface area contributed by atoms with Crippen molar-refractivity contribution in [2.75, 3.05) is 11.9 Å². The van der Waals surface area contributed by atoms with Gasteiger partial charge in [-0.25, -0.2) is 9.78 Å². The van der Waals surface area contributed by atoms with E-state index in [0.29, 0.717) is 10.8 Å². The van der Waals surface area contributed by atoms with Crippen molar-refractivity contribution in [2.24, 2.45) is 0 Å². The molecule has 1 unspecified atom stereocenters. The lowest BCUT2D eigenvalue weighted by Crippen LogP contribution is -2.32. The lowest BCUT2D eigenvalue weighted by molar-refractivity contribution is -0.155. The van der Waals surface area contributed by atoms with Crippen molar-refractivity contribution in [3.8, 4) is 5.75 Å². The molecule has 142 valence electrons. The smallest absolute Gasteiger partial charge is 0.344 e. The van der Waals surface area contributed by atoms with Gasteiger partial charge in [-0.2, -0.15) is 0 Å². The van der Waals surface area contributed by atoms with E-state index in [-0.39, 0.29) is 17.4 Å². The van der Waals surface area contributed by atoms with E-state index >= 15 is 0 Å². The molecule has 27 heavy (non-hydrogen) atoms. The summed E-state index contributed by atoms with van der Waals surface area (Å²) in [7, 11) is 0. The van der Waals surface area contributed by atoms with Crippen LogP contribution in [0.3, 0.4) is 0 Å². The van der Waals surface area contributed by atoms with Crippen molar-refractivity contribution in [3.63, 3.8) is 0 Å². The second-order valence-electron chi connectivity index (χ2n) is 6.18. The second-order valence-corrected chi connectivity index (χ2v) is 7.02. The molecule has 8 heteroatoms. The van der Waals surface area contributed by atoms with Crippen LogP contribution in [0.1, 0.15) is 24.5 Å². The summed E-state index contributed by atoms with van der Waals surface area (Å²) < 4.78 is 10.6. The number of aryl methyl sites for hydroxylation is 2. The number of fused-ring (bicyclic) bond motifs is 1. The van der Waals surface area contributed by atoms with Gasteiger partial charge >= 0.3 is 5.97 Å². The molecule has 6 nitrogen and oxygen atoms in total. The largest absolute Gasteiger partial charge is 0.482 e. The Morgan fingerprint density at radius 2 is 2.00 bits per heavy atom. The Morgan fingerprint density at radius 1 is 1.22 bits per heavy atom. The Kier molecular flexibility index (Phi) is 6.19. The predicted octanol–water partition coefficient (Wildman–Crippen LogP) is 3.83. The Hall–Kier alpha value is -2.31. The first-order chi connectivity index (χ1) is 12.9. The molecule has 0 fully saturated rings. The van der Waals surface area contributed by atoms with Crippen LogP contribution in [0.25, 0.3) is 0 Å². The summed E-state index contributed by atoms with van der Waals surface area (Å²) in [6.45, 7) is 1.17. The molecule has 3 rings (SSSR count). The number of carbonyl (C=O) groups excluding carboxylic acids is 2. The Morgan fingerprint density at radius 3 is 2.78 bits per heavy atom. The molecular weight excluding hydrogens is 391 g/mol. The highest BCUT2D eigenvalue weighted by Crippen LogP contribution is 2.26. The Balaban J connectivity index is 1.48. The molecule has 0 aliphatic heterocycles. The molecule has 2 aromatic rings. The number of nitrogens with one attached hydrogen (secondary N) is 1. The number of esters is 1. The second kappa shape index (κ2) is 8.59. The normalized spacial score (nSPS) is 13.6. The van der Waals surface area contributed by atoms with Crippen LogP contribution < -0.4 is 10.1 Å². The number of amides is 1. The SMILES string of the molecule is CC(OC(=O)COc1ccc2c(c1)CCC2)C(=O)Nc1ncc(Cl)cc1Cl. The number of aromatic nitrogens is 1. The number of benzene rings is 1. The molecule has 0 saturated heterocycles. The van der Waals surface area contributed by atoms with Gasteiger partial charge in [0.25, 0.3) is 5.91 Å². The third kappa shape index (κ3) is 5.11. The summed E-state index contributed by atoms with van der Waals surface area (Å²) in [5, 5.41) is 3.02. The maximum absolute atomic E-state index is 12.1. The van der Waals surface area contributed by atoms with E-state index in [0.717, 1.165) is 19.3 Å². The van der Waals surface area contributed by atoms with Gasteiger partial charge in [0, 0.05) is 6.20 Å². The summed E-state index contributed by atoms with van der Waals surface area (Å²) in [5.74, 6) is -0.448. The van der Waals surface area contributed by atoms with Gasteiger partial charge < -0.3 is 14.8 Å². The third-order valence-electron chi connectivity index (χ3n) is 4.15. The first-order valence-corrected chi connectivity index (χ1v) is 9.24. The number of hydrogen-bond donors (Lipinski definition) is 1. The van der Waals surface area contributed by atoms with Gasteiger partial charge in [-0.05, 0) is 55.5 Å². The summed E-state index contributed by atoms with van der Waals surface area (Å²) in [6.07, 6.45) is 3.56. The number of carbonyl (C=O) groups is 2. The van der Waals surface area contributed by atoms with Crippen LogP contribution in [0.5, 0.6) is 5.75 Å². The first-order valence-electron chi connectivity index (χ1n) is 8.48. The molecule has 1 aromatic heterocycles. The Labute approximate surface area is 166 Å². The molecule has 0 spiro atoms. The maximum Gasteiger partial charge on any atom is 0.344 e. The molecule has 1 aliphatic carbocycles. The zero-order valence-electron chi connectivity index (χ0n) is 14.6. The van der Waals surface area contributed by atoms with Crippen molar-refractivity contribution in [1.29, 1.82) is 0 Å². The molecule has 1 atom stereocenters. The van der Waals surface area contributed by atoms with E-state index in [1.165, 1.54) is 30.3 Å². The minimum Gasteiger partial charge on any atom is -0.482 e. The summed E-state index contributed by atoms with van der Waals surface area (Å²) in [6, 6.07) is 7.25. The monoisotopic (exact) mass is 408 g/mol. The van der Waals surface area contributed by atoms with Crippen molar-refractivity contribution >= 4 is 40.9 Å². The lowest BCUT2D eigenvalue weighted by Gasteiger charge is -2.14. The molecule has 0 saturated carbocycles. The molecule has 0 radical (unpaired) electrons. The number of hydrogen-bond acceptors (Lipinski definition) is 5. The van der Waals surface area contributed by atoms with Crippen LogP contribution in [-0.2, 0) is 27.2 Å². The summed E-state index contributed by atoms with van der Waals surface area (Å²) in [4.78, 5) is 28.0. The van der Waals surface area contributed by atoms with Gasteiger partial charge in [-0.3, -0.25) is 4.79 Å². The maximum atomic E-state index is 12.1. The van der Waals surface area contributed by atoms with Gasteiger partial charge in [-0.1, -0.05) is 29.3 Å². The topological polar surface area (TPSA) is 77.5 Å². The van der Waals surface area contributed by atoms with Crippen molar-refractivity contribution in [1.82, 2.24) is 4.98 Å². The number of ether oxygens (including phenoxy) is 2. The third-order valence-corrected chi connectivity index (χ3v) is 4.65. The van der Waals surface area contributed by atoms with Crippen LogP contribution in [0.2, 0.25) is 10.0 Å². The highest BCUT2D eigenvalue weighted by atomic mass is 35.5. The van der Waals surface area contributed by atoms with E-state index < -0.39 is 18.0 Å². The summed E-state index contributed by atoms with van der Waals surface area (Å²) in [5.41, 5.74) is 2.57. The van der Waals surface area contributed by atoms with Gasteiger partial charge in [0.1, 0.15) is 5.75 Å². The van der Waals surface area contributed by atoms with E-state index in [2.05, 4.69) is 10.3 Å². The van der Waals surface area contributed by atoms with Gasteiger partial charge in [0.05, 0.1) is 10.0 Å². The van der Waals surface area contributed by atoms with E-state index in [4.69, 9.17) is 32.7 Å². The van der Waals surface area contributed by atoms with Gasteiger partial charge in [0.15, 0.2) is 18.5 Å². The predicted molar refractivity (Wildman–Crippen MR) is 102 cm³/mol. The average molecular weight is 409 g/mol. The fourth-order valence-electron chi connectivity index (χ4n) is 2.79. The standard InChI is InChI=1S/C19H18Cl2N2O4/c1-11(19(25)23-18-16(21)8-14(20)9-22-18)27-17(24)10-26-15-6-5-12-3-2-4-13(12)7-15/h5-9,11H,2-4,10H2,1H3,(H,22,23,25). The molecule has 1 heterocycles. The van der Waals surface area contributed by atoms with Gasteiger partial charge in [0.2, 0.25) is 0 Å². The minimum atomic E-state index is -1.03. The van der Waals surface area contributed by atoms with Crippen molar-refractivity contribution in [3.05, 3.63) is 51.6 Å². The quantitative estimate of drug-likeness (QED) is 0.734. The molecule has 1 amide bonds. The molecule has 1 aliphatic rings. The zero-order chi connectivity index (χ0) is 19.4. The van der Waals surface area contributed by atoms with E-state index in [1.807, 2.05) is 18.2 Å². The van der Waals surface area contributed by atoms with Crippen LogP contribution >= 0.6 is 23.2 Å². The Bertz CT molecular complexity index is 873. The molecular formula is C19H18Cl2N2O4. The highest BCUT2D eigenvalue weighted by molar-refractivity contribution is 6.36. The van der Waals surface area contributed by atoms with Crippen molar-refractivity contribution in [2.45, 2.75) is 32.3 Å². The fraction of sp³-hybridized carbons (Fsp3) is 0.316. The van der Waals surface area contributed by atoms with Crippen LogP contribution in [0.15, 0.2) is 30.5 Å². The number of pyridine rings is 1. The molecule has 0 bridgehead atoms.